The quantitative estimate of drug-likeness (QED) is 0.847. The van der Waals surface area contributed by atoms with Gasteiger partial charge in [-0.2, -0.15) is 0 Å². The van der Waals surface area contributed by atoms with Crippen molar-refractivity contribution in [3.63, 3.8) is 0 Å². The molecule has 1 aromatic carbocycles. The van der Waals surface area contributed by atoms with Gasteiger partial charge in [-0.05, 0) is 42.5 Å². The molecule has 0 bridgehead atoms. The molecule has 0 atom stereocenters. The summed E-state index contributed by atoms with van der Waals surface area (Å²) in [6, 6.07) is 4.07. The van der Waals surface area contributed by atoms with Crippen LogP contribution in [0, 0.1) is 0 Å². The molecule has 1 heterocycles. The predicted octanol–water partition coefficient (Wildman–Crippen LogP) is 2.05. The van der Waals surface area contributed by atoms with Crippen LogP contribution in [0.4, 0.5) is 0 Å². The van der Waals surface area contributed by atoms with Crippen molar-refractivity contribution in [1.29, 1.82) is 0 Å². The number of benzene rings is 1. The van der Waals surface area contributed by atoms with Crippen LogP contribution in [0.25, 0.3) is 0 Å². The van der Waals surface area contributed by atoms with E-state index in [1.165, 1.54) is 11.1 Å². The van der Waals surface area contributed by atoms with Gasteiger partial charge < -0.3 is 14.6 Å². The Bertz CT molecular complexity index is 421. The molecular weight excluding hydrogens is 204 g/mol. The van der Waals surface area contributed by atoms with Gasteiger partial charge in [-0.25, -0.2) is 0 Å². The Morgan fingerprint density at radius 1 is 1.19 bits per heavy atom. The summed E-state index contributed by atoms with van der Waals surface area (Å²) in [5, 5.41) is 9.98. The molecule has 1 aromatic rings. The van der Waals surface area contributed by atoms with Gasteiger partial charge in [0.25, 0.3) is 0 Å². The fourth-order valence-corrected chi connectivity index (χ4v) is 2.20. The number of rotatable bonds is 3. The second kappa shape index (κ2) is 3.39. The van der Waals surface area contributed by atoms with E-state index in [1.807, 2.05) is 12.1 Å². The third-order valence-corrected chi connectivity index (χ3v) is 3.42. The van der Waals surface area contributed by atoms with Crippen molar-refractivity contribution in [2.24, 2.45) is 0 Å². The molecule has 1 aliphatic carbocycles. The Labute approximate surface area is 95.0 Å². The molecule has 16 heavy (non-hydrogen) atoms. The minimum atomic E-state index is -0.447. The number of aryl methyl sites for hydroxylation is 1. The van der Waals surface area contributed by atoms with Gasteiger partial charge in [0.05, 0.1) is 5.60 Å². The van der Waals surface area contributed by atoms with Crippen molar-refractivity contribution in [1.82, 2.24) is 0 Å². The van der Waals surface area contributed by atoms with Crippen molar-refractivity contribution in [3.05, 3.63) is 23.3 Å². The molecule has 0 saturated heterocycles. The first-order valence-electron chi connectivity index (χ1n) is 5.84. The zero-order chi connectivity index (χ0) is 11.2. The zero-order valence-corrected chi connectivity index (χ0v) is 9.45. The van der Waals surface area contributed by atoms with E-state index in [1.54, 1.807) is 0 Å². The van der Waals surface area contributed by atoms with Crippen molar-refractivity contribution < 1.29 is 14.6 Å². The molecule has 0 aromatic heterocycles. The topological polar surface area (TPSA) is 38.7 Å². The van der Waals surface area contributed by atoms with Crippen LogP contribution in [0.3, 0.4) is 0 Å². The third kappa shape index (κ3) is 1.65. The fourth-order valence-electron chi connectivity index (χ4n) is 2.20. The summed E-state index contributed by atoms with van der Waals surface area (Å²) in [7, 11) is 0. The zero-order valence-electron chi connectivity index (χ0n) is 9.45. The molecule has 3 rings (SSSR count). The van der Waals surface area contributed by atoms with Gasteiger partial charge in [0.15, 0.2) is 11.5 Å². The monoisotopic (exact) mass is 220 g/mol. The average molecular weight is 220 g/mol. The fraction of sp³-hybridized carbons (Fsp3) is 0.538. The van der Waals surface area contributed by atoms with Crippen molar-refractivity contribution in [2.45, 2.75) is 38.2 Å². The lowest BCUT2D eigenvalue weighted by atomic mass is 9.98. The molecule has 1 aliphatic heterocycles. The van der Waals surface area contributed by atoms with Crippen molar-refractivity contribution >= 4 is 0 Å². The van der Waals surface area contributed by atoms with E-state index in [0.29, 0.717) is 6.79 Å². The first kappa shape index (κ1) is 9.97. The van der Waals surface area contributed by atoms with E-state index in [4.69, 9.17) is 9.47 Å². The third-order valence-electron chi connectivity index (χ3n) is 3.42. The van der Waals surface area contributed by atoms with E-state index in [2.05, 4.69) is 6.92 Å². The van der Waals surface area contributed by atoms with Gasteiger partial charge in [0.2, 0.25) is 6.79 Å². The number of aliphatic hydroxyl groups is 1. The molecule has 0 radical (unpaired) electrons. The summed E-state index contributed by atoms with van der Waals surface area (Å²) in [4.78, 5) is 0. The van der Waals surface area contributed by atoms with Crippen LogP contribution in [-0.4, -0.2) is 17.5 Å². The molecule has 0 unspecified atom stereocenters. The molecule has 3 nitrogen and oxygen atoms in total. The molecule has 2 aliphatic rings. The van der Waals surface area contributed by atoms with Crippen molar-refractivity contribution in [2.75, 3.05) is 6.79 Å². The lowest BCUT2D eigenvalue weighted by molar-refractivity contribution is 0.150. The maximum Gasteiger partial charge on any atom is 0.231 e. The summed E-state index contributed by atoms with van der Waals surface area (Å²) in [5.41, 5.74) is 2.01. The van der Waals surface area contributed by atoms with E-state index in [9.17, 15) is 5.11 Å². The number of ether oxygens (including phenoxy) is 2. The van der Waals surface area contributed by atoms with E-state index in [-0.39, 0.29) is 0 Å². The maximum atomic E-state index is 9.98. The highest BCUT2D eigenvalue weighted by atomic mass is 16.7. The SMILES string of the molecule is CCc1cc2c(cc1CC1(O)CC1)OCO2. The summed E-state index contributed by atoms with van der Waals surface area (Å²) < 4.78 is 10.7. The van der Waals surface area contributed by atoms with Gasteiger partial charge in [0, 0.05) is 6.42 Å². The van der Waals surface area contributed by atoms with Gasteiger partial charge >= 0.3 is 0 Å². The number of fused-ring (bicyclic) bond motifs is 1. The van der Waals surface area contributed by atoms with Gasteiger partial charge in [-0.3, -0.25) is 0 Å². The number of hydrogen-bond donors (Lipinski definition) is 1. The van der Waals surface area contributed by atoms with Gasteiger partial charge in [0.1, 0.15) is 0 Å². The normalized spacial score (nSPS) is 19.9. The van der Waals surface area contributed by atoms with E-state index in [0.717, 1.165) is 37.2 Å². The molecule has 1 N–H and O–H groups in total. The highest BCUT2D eigenvalue weighted by Crippen LogP contribution is 2.42. The maximum absolute atomic E-state index is 9.98. The minimum absolute atomic E-state index is 0.312. The summed E-state index contributed by atoms with van der Waals surface area (Å²) in [6.45, 7) is 2.43. The highest BCUT2D eigenvalue weighted by molar-refractivity contribution is 5.49. The molecule has 0 amide bonds. The summed E-state index contributed by atoms with van der Waals surface area (Å²) in [6.07, 6.45) is 3.55. The highest BCUT2D eigenvalue weighted by Gasteiger charge is 2.40. The van der Waals surface area contributed by atoms with Crippen LogP contribution in [-0.2, 0) is 12.8 Å². The first-order valence-corrected chi connectivity index (χ1v) is 5.84. The molecular formula is C13H16O3. The van der Waals surface area contributed by atoms with Gasteiger partial charge in [-0.15, -0.1) is 0 Å². The summed E-state index contributed by atoms with van der Waals surface area (Å²) >= 11 is 0. The Hall–Kier alpha value is -1.22. The van der Waals surface area contributed by atoms with E-state index >= 15 is 0 Å². The standard InChI is InChI=1S/C13H16O3/c1-2-9-5-11-12(16-8-15-11)6-10(9)7-13(14)3-4-13/h5-6,14H,2-4,7-8H2,1H3. The molecule has 86 valence electrons. The summed E-state index contributed by atoms with van der Waals surface area (Å²) in [5.74, 6) is 1.65. The van der Waals surface area contributed by atoms with E-state index < -0.39 is 5.60 Å². The predicted molar refractivity (Wildman–Crippen MR) is 59.8 cm³/mol. The van der Waals surface area contributed by atoms with Crippen LogP contribution in [0.1, 0.15) is 30.9 Å². The number of hydrogen-bond acceptors (Lipinski definition) is 3. The molecule has 3 heteroatoms. The van der Waals surface area contributed by atoms with Crippen LogP contribution in [0.5, 0.6) is 11.5 Å². The Morgan fingerprint density at radius 3 is 2.38 bits per heavy atom. The van der Waals surface area contributed by atoms with Gasteiger partial charge in [-0.1, -0.05) is 6.92 Å². The van der Waals surface area contributed by atoms with Crippen LogP contribution >= 0.6 is 0 Å². The van der Waals surface area contributed by atoms with Crippen LogP contribution in [0.2, 0.25) is 0 Å². The largest absolute Gasteiger partial charge is 0.454 e. The second-order valence-corrected chi connectivity index (χ2v) is 4.73. The first-order chi connectivity index (χ1) is 7.70. The van der Waals surface area contributed by atoms with Crippen LogP contribution < -0.4 is 9.47 Å². The Balaban J connectivity index is 1.95. The average Bonchev–Trinajstić information content (AvgIpc) is 2.82. The molecule has 1 saturated carbocycles. The second-order valence-electron chi connectivity index (χ2n) is 4.73. The Kier molecular flexibility index (Phi) is 2.11. The molecule has 0 spiro atoms. The molecule has 1 fully saturated rings. The minimum Gasteiger partial charge on any atom is -0.454 e. The Morgan fingerprint density at radius 2 is 1.81 bits per heavy atom. The lowest BCUT2D eigenvalue weighted by Gasteiger charge is -2.12. The van der Waals surface area contributed by atoms with Crippen LogP contribution in [0.15, 0.2) is 12.1 Å². The lowest BCUT2D eigenvalue weighted by Crippen LogP contribution is -2.12. The smallest absolute Gasteiger partial charge is 0.231 e. The van der Waals surface area contributed by atoms with Crippen molar-refractivity contribution in [3.8, 4) is 11.5 Å².